The van der Waals surface area contributed by atoms with Gasteiger partial charge in [-0.3, -0.25) is 0 Å². The Labute approximate surface area is 115 Å². The average molecular weight is 267 g/mol. The summed E-state index contributed by atoms with van der Waals surface area (Å²) in [5.74, 6) is -0.400. The second-order valence-electron chi connectivity index (χ2n) is 5.33. The Morgan fingerprint density at radius 3 is 1.95 bits per heavy atom. The van der Waals surface area contributed by atoms with E-state index in [1.54, 1.807) is 12.1 Å². The van der Waals surface area contributed by atoms with E-state index < -0.39 is 24.1 Å². The van der Waals surface area contributed by atoms with Crippen LogP contribution < -0.4 is 11.2 Å². The molecule has 2 N–H and O–H groups in total. The first kappa shape index (κ1) is 16.0. The zero-order chi connectivity index (χ0) is 14.8. The van der Waals surface area contributed by atoms with Crippen molar-refractivity contribution in [1.82, 2.24) is 0 Å². The van der Waals surface area contributed by atoms with Crippen molar-refractivity contribution >= 4 is 18.3 Å². The van der Waals surface area contributed by atoms with Gasteiger partial charge in [0.2, 0.25) is 0 Å². The van der Waals surface area contributed by atoms with Crippen molar-refractivity contribution in [3.63, 3.8) is 0 Å². The Bertz CT molecular complexity index is 413. The lowest BCUT2D eigenvalue weighted by Crippen LogP contribution is -2.41. The molecule has 3 nitrogen and oxygen atoms in total. The highest BCUT2D eigenvalue weighted by molar-refractivity contribution is 6.64. The van der Waals surface area contributed by atoms with Crippen molar-refractivity contribution in [2.24, 2.45) is 0 Å². The number of benzene rings is 1. The molecule has 19 heavy (non-hydrogen) atoms. The molecule has 1 aromatic carbocycles. The smallest absolute Gasteiger partial charge is 0.399 e. The van der Waals surface area contributed by atoms with E-state index in [4.69, 9.17) is 15.0 Å². The number of hydrogen-bond donors (Lipinski definition) is 1. The second-order valence-corrected chi connectivity index (χ2v) is 5.33. The Balaban J connectivity index is 0.000000861. The molecular weight excluding hydrogens is 244 g/mol. The minimum absolute atomic E-state index is 0.283. The zero-order valence-corrected chi connectivity index (χ0v) is 12.6. The SMILES string of the molecule is CC.CC1(C)OB(c2c(N)cccc2F)OC1(C)C. The molecule has 0 aliphatic carbocycles. The van der Waals surface area contributed by atoms with Gasteiger partial charge in [0, 0.05) is 11.2 Å². The van der Waals surface area contributed by atoms with Gasteiger partial charge in [0.25, 0.3) is 0 Å². The Morgan fingerprint density at radius 1 is 1.05 bits per heavy atom. The van der Waals surface area contributed by atoms with Gasteiger partial charge in [0.1, 0.15) is 5.82 Å². The molecule has 0 saturated carbocycles. The summed E-state index contributed by atoms with van der Waals surface area (Å²) >= 11 is 0. The maximum atomic E-state index is 13.8. The molecule has 0 unspecified atom stereocenters. The van der Waals surface area contributed by atoms with Crippen LogP contribution in [0.4, 0.5) is 10.1 Å². The molecule has 0 amide bonds. The summed E-state index contributed by atoms with van der Waals surface area (Å²) in [5.41, 5.74) is 5.42. The van der Waals surface area contributed by atoms with Crippen LogP contribution in [-0.4, -0.2) is 18.3 Å². The lowest BCUT2D eigenvalue weighted by Gasteiger charge is -2.32. The van der Waals surface area contributed by atoms with Crippen LogP contribution in [0.1, 0.15) is 41.5 Å². The van der Waals surface area contributed by atoms with E-state index in [9.17, 15) is 4.39 Å². The third-order valence-corrected chi connectivity index (χ3v) is 3.58. The highest BCUT2D eigenvalue weighted by atomic mass is 19.1. The van der Waals surface area contributed by atoms with Crippen LogP contribution in [-0.2, 0) is 9.31 Å². The second kappa shape index (κ2) is 5.51. The first-order valence-corrected chi connectivity index (χ1v) is 6.64. The van der Waals surface area contributed by atoms with E-state index >= 15 is 0 Å². The molecule has 0 spiro atoms. The van der Waals surface area contributed by atoms with Crippen molar-refractivity contribution < 1.29 is 13.7 Å². The van der Waals surface area contributed by atoms with Gasteiger partial charge in [-0.05, 0) is 39.8 Å². The monoisotopic (exact) mass is 267 g/mol. The Morgan fingerprint density at radius 2 is 1.53 bits per heavy atom. The van der Waals surface area contributed by atoms with Crippen LogP contribution in [0.25, 0.3) is 0 Å². The van der Waals surface area contributed by atoms with E-state index in [-0.39, 0.29) is 5.46 Å². The lowest BCUT2D eigenvalue weighted by molar-refractivity contribution is 0.00578. The van der Waals surface area contributed by atoms with Gasteiger partial charge in [-0.25, -0.2) is 4.39 Å². The fraction of sp³-hybridized carbons (Fsp3) is 0.571. The molecule has 1 aromatic rings. The predicted molar refractivity (Wildman–Crippen MR) is 77.9 cm³/mol. The van der Waals surface area contributed by atoms with Gasteiger partial charge >= 0.3 is 7.12 Å². The molecule has 2 rings (SSSR count). The minimum Gasteiger partial charge on any atom is -0.399 e. The Kier molecular flexibility index (Phi) is 4.64. The van der Waals surface area contributed by atoms with Crippen molar-refractivity contribution in [2.75, 3.05) is 5.73 Å². The maximum absolute atomic E-state index is 13.8. The van der Waals surface area contributed by atoms with E-state index in [1.165, 1.54) is 6.07 Å². The van der Waals surface area contributed by atoms with E-state index in [0.29, 0.717) is 5.69 Å². The molecule has 0 bridgehead atoms. The molecule has 0 radical (unpaired) electrons. The largest absolute Gasteiger partial charge is 0.499 e. The topological polar surface area (TPSA) is 44.5 Å². The number of hydrogen-bond acceptors (Lipinski definition) is 3. The molecule has 1 aliphatic rings. The van der Waals surface area contributed by atoms with Crippen molar-refractivity contribution in [3.05, 3.63) is 24.0 Å². The molecule has 106 valence electrons. The quantitative estimate of drug-likeness (QED) is 0.628. The molecule has 0 aromatic heterocycles. The van der Waals surface area contributed by atoms with E-state index in [2.05, 4.69) is 0 Å². The van der Waals surface area contributed by atoms with Gasteiger partial charge in [-0.1, -0.05) is 19.9 Å². The summed E-state index contributed by atoms with van der Waals surface area (Å²) in [6.07, 6.45) is 0. The fourth-order valence-corrected chi connectivity index (χ4v) is 1.76. The molecule has 1 heterocycles. The fourth-order valence-electron chi connectivity index (χ4n) is 1.76. The zero-order valence-electron chi connectivity index (χ0n) is 12.6. The van der Waals surface area contributed by atoms with Gasteiger partial charge in [0.05, 0.1) is 11.2 Å². The number of rotatable bonds is 1. The summed E-state index contributed by atoms with van der Waals surface area (Å²) in [5, 5.41) is 0. The van der Waals surface area contributed by atoms with Crippen molar-refractivity contribution in [2.45, 2.75) is 52.7 Å². The van der Waals surface area contributed by atoms with Crippen LogP contribution in [0, 0.1) is 5.82 Å². The number of halogens is 1. The standard InChI is InChI=1S/C12H17BFNO2.C2H6/c1-11(2)12(3,4)17-13(16-11)10-8(14)6-5-7-9(10)15;1-2/h5-7H,15H2,1-4H3;1-2H3. The normalized spacial score (nSPS) is 19.8. The summed E-state index contributed by atoms with van der Waals surface area (Å²) in [4.78, 5) is 0. The molecule has 1 fully saturated rings. The molecule has 5 heteroatoms. The summed E-state index contributed by atoms with van der Waals surface area (Å²) in [6.45, 7) is 11.7. The van der Waals surface area contributed by atoms with Crippen LogP contribution in [0.2, 0.25) is 0 Å². The summed E-state index contributed by atoms with van der Waals surface area (Å²) in [7, 11) is -0.749. The summed E-state index contributed by atoms with van der Waals surface area (Å²) in [6, 6.07) is 4.57. The first-order chi connectivity index (χ1) is 8.74. The van der Waals surface area contributed by atoms with Crippen LogP contribution >= 0.6 is 0 Å². The highest BCUT2D eigenvalue weighted by Gasteiger charge is 2.52. The van der Waals surface area contributed by atoms with Gasteiger partial charge in [0.15, 0.2) is 0 Å². The molecule has 1 aliphatic heterocycles. The van der Waals surface area contributed by atoms with E-state index in [1.807, 2.05) is 41.5 Å². The van der Waals surface area contributed by atoms with Gasteiger partial charge in [-0.15, -0.1) is 0 Å². The van der Waals surface area contributed by atoms with Crippen LogP contribution in [0.5, 0.6) is 0 Å². The van der Waals surface area contributed by atoms with Gasteiger partial charge in [-0.2, -0.15) is 0 Å². The van der Waals surface area contributed by atoms with E-state index in [0.717, 1.165) is 0 Å². The third-order valence-electron chi connectivity index (χ3n) is 3.58. The average Bonchev–Trinajstić information content (AvgIpc) is 2.50. The molecular formula is C14H23BFNO2. The summed E-state index contributed by atoms with van der Waals surface area (Å²) < 4.78 is 25.3. The lowest BCUT2D eigenvalue weighted by atomic mass is 9.77. The Hall–Kier alpha value is -1.07. The number of nitrogen functional groups attached to an aromatic ring is 1. The maximum Gasteiger partial charge on any atom is 0.499 e. The van der Waals surface area contributed by atoms with Crippen LogP contribution in [0.15, 0.2) is 18.2 Å². The minimum atomic E-state index is -0.749. The van der Waals surface area contributed by atoms with Crippen molar-refractivity contribution in [3.8, 4) is 0 Å². The number of anilines is 1. The van der Waals surface area contributed by atoms with Crippen molar-refractivity contribution in [1.29, 1.82) is 0 Å². The predicted octanol–water partition coefficient (Wildman–Crippen LogP) is 2.73. The molecule has 1 saturated heterocycles. The highest BCUT2D eigenvalue weighted by Crippen LogP contribution is 2.37. The van der Waals surface area contributed by atoms with Gasteiger partial charge < -0.3 is 15.0 Å². The number of nitrogens with two attached hydrogens (primary N) is 1. The molecule has 0 atom stereocenters. The first-order valence-electron chi connectivity index (χ1n) is 6.64. The third kappa shape index (κ3) is 2.93. The van der Waals surface area contributed by atoms with Crippen LogP contribution in [0.3, 0.4) is 0 Å².